The van der Waals surface area contributed by atoms with Gasteiger partial charge in [0.05, 0.1) is 36.3 Å². The van der Waals surface area contributed by atoms with E-state index in [2.05, 4.69) is 25.6 Å². The van der Waals surface area contributed by atoms with Crippen LogP contribution in [0.4, 0.5) is 0 Å². The van der Waals surface area contributed by atoms with E-state index in [-0.39, 0.29) is 17.7 Å². The number of nitrogens with one attached hydrogen (secondary N) is 2. The Kier molecular flexibility index (Phi) is 7.24. The Balaban J connectivity index is 1.46. The van der Waals surface area contributed by atoms with Crippen molar-refractivity contribution in [2.45, 2.75) is 57.7 Å². The van der Waals surface area contributed by atoms with Crippen molar-refractivity contribution in [2.24, 2.45) is 5.92 Å². The normalized spacial score (nSPS) is 21.4. The summed E-state index contributed by atoms with van der Waals surface area (Å²) in [5, 5.41) is 16.0. The fourth-order valence-corrected chi connectivity index (χ4v) is 3.46. The molecule has 0 aliphatic heterocycles. The second-order valence-corrected chi connectivity index (χ2v) is 7.48. The molecule has 0 aromatic carbocycles. The Bertz CT molecular complexity index is 813. The lowest BCUT2D eigenvalue weighted by molar-refractivity contribution is -0.129. The molecule has 0 bridgehead atoms. The molecule has 29 heavy (non-hydrogen) atoms. The quantitative estimate of drug-likeness (QED) is 0.643. The Morgan fingerprint density at radius 3 is 2.79 bits per heavy atom. The van der Waals surface area contributed by atoms with Gasteiger partial charge in [-0.25, -0.2) is 0 Å². The highest BCUT2D eigenvalue weighted by Crippen LogP contribution is 2.25. The molecule has 2 aromatic rings. The summed E-state index contributed by atoms with van der Waals surface area (Å²) in [5.41, 5.74) is 2.51. The summed E-state index contributed by atoms with van der Waals surface area (Å²) in [7, 11) is 0. The Morgan fingerprint density at radius 1 is 1.21 bits per heavy atom. The molecule has 8 nitrogen and oxygen atoms in total. The average Bonchev–Trinajstić information content (AvgIpc) is 2.74. The van der Waals surface area contributed by atoms with Gasteiger partial charge in [0.1, 0.15) is 0 Å². The van der Waals surface area contributed by atoms with Crippen LogP contribution in [-0.2, 0) is 22.6 Å². The Hall–Kier alpha value is -2.87. The van der Waals surface area contributed by atoms with Crippen LogP contribution in [-0.4, -0.2) is 44.0 Å². The van der Waals surface area contributed by atoms with E-state index in [9.17, 15) is 14.7 Å². The predicted molar refractivity (Wildman–Crippen MR) is 106 cm³/mol. The van der Waals surface area contributed by atoms with Gasteiger partial charge in [-0.15, -0.1) is 0 Å². The largest absolute Gasteiger partial charge is 0.391 e. The van der Waals surface area contributed by atoms with Crippen LogP contribution < -0.4 is 10.6 Å². The number of aliphatic hydroxyl groups is 1. The van der Waals surface area contributed by atoms with E-state index in [0.717, 1.165) is 11.3 Å². The molecule has 1 aliphatic carbocycles. The second kappa shape index (κ2) is 10.1. The van der Waals surface area contributed by atoms with Gasteiger partial charge in [-0.2, -0.15) is 0 Å². The number of carbonyl (C=O) groups is 2. The summed E-state index contributed by atoms with van der Waals surface area (Å²) in [6, 6.07) is 3.35. The monoisotopic (exact) mass is 397 g/mol. The third-order valence-corrected chi connectivity index (χ3v) is 5.17. The van der Waals surface area contributed by atoms with Gasteiger partial charge in [-0.1, -0.05) is 6.07 Å². The van der Waals surface area contributed by atoms with E-state index >= 15 is 0 Å². The lowest BCUT2D eigenvalue weighted by Gasteiger charge is -2.33. The Labute approximate surface area is 170 Å². The first-order valence-electron chi connectivity index (χ1n) is 9.93. The van der Waals surface area contributed by atoms with Crippen LogP contribution in [0, 0.1) is 12.8 Å². The molecule has 8 heteroatoms. The molecular weight excluding hydrogens is 370 g/mol. The number of aryl methyl sites for hydroxylation is 2. The summed E-state index contributed by atoms with van der Waals surface area (Å²) in [6.07, 6.45) is 8.50. The zero-order valence-electron chi connectivity index (χ0n) is 16.5. The van der Waals surface area contributed by atoms with Gasteiger partial charge in [0.2, 0.25) is 11.8 Å². The molecule has 2 heterocycles. The molecule has 3 N–H and O–H groups in total. The Morgan fingerprint density at radius 2 is 2.07 bits per heavy atom. The van der Waals surface area contributed by atoms with Crippen molar-refractivity contribution in [3.05, 3.63) is 53.9 Å². The smallest absolute Gasteiger partial charge is 0.223 e. The van der Waals surface area contributed by atoms with Crippen LogP contribution >= 0.6 is 0 Å². The van der Waals surface area contributed by atoms with E-state index in [1.165, 1.54) is 0 Å². The molecule has 1 fully saturated rings. The third kappa shape index (κ3) is 6.32. The van der Waals surface area contributed by atoms with E-state index in [1.807, 2.05) is 19.1 Å². The highest BCUT2D eigenvalue weighted by Gasteiger charge is 2.33. The third-order valence-electron chi connectivity index (χ3n) is 5.17. The van der Waals surface area contributed by atoms with E-state index < -0.39 is 12.1 Å². The average molecular weight is 397 g/mol. The summed E-state index contributed by atoms with van der Waals surface area (Å²) >= 11 is 0. The van der Waals surface area contributed by atoms with Gasteiger partial charge in [-0.05, 0) is 44.2 Å². The maximum absolute atomic E-state index is 12.5. The number of rotatable bonds is 7. The molecule has 0 unspecified atom stereocenters. The first kappa shape index (κ1) is 20.9. The van der Waals surface area contributed by atoms with Crippen molar-refractivity contribution in [1.29, 1.82) is 0 Å². The van der Waals surface area contributed by atoms with Crippen LogP contribution in [0.5, 0.6) is 0 Å². The molecule has 0 spiro atoms. The van der Waals surface area contributed by atoms with E-state index in [0.29, 0.717) is 44.3 Å². The summed E-state index contributed by atoms with van der Waals surface area (Å²) in [4.78, 5) is 37.2. The van der Waals surface area contributed by atoms with Crippen molar-refractivity contribution in [2.75, 3.05) is 0 Å². The zero-order chi connectivity index (χ0) is 20.6. The topological polar surface area (TPSA) is 117 Å². The fraction of sp³-hybridized carbons (Fsp3) is 0.476. The number of amides is 2. The summed E-state index contributed by atoms with van der Waals surface area (Å²) in [5.74, 6) is -0.469. The van der Waals surface area contributed by atoms with Gasteiger partial charge < -0.3 is 15.7 Å². The molecule has 2 amide bonds. The van der Waals surface area contributed by atoms with Crippen molar-refractivity contribution >= 4 is 11.8 Å². The van der Waals surface area contributed by atoms with Crippen LogP contribution in [0.25, 0.3) is 0 Å². The van der Waals surface area contributed by atoms with Gasteiger partial charge in [0, 0.05) is 30.9 Å². The van der Waals surface area contributed by atoms with Crippen LogP contribution in [0.15, 0.2) is 36.9 Å². The maximum Gasteiger partial charge on any atom is 0.223 e. The number of pyridine rings is 1. The first-order chi connectivity index (χ1) is 14.0. The highest BCUT2D eigenvalue weighted by atomic mass is 16.3. The summed E-state index contributed by atoms with van der Waals surface area (Å²) < 4.78 is 0. The lowest BCUT2D eigenvalue weighted by Crippen LogP contribution is -2.49. The van der Waals surface area contributed by atoms with Crippen molar-refractivity contribution < 1.29 is 14.7 Å². The number of carbonyl (C=O) groups excluding carboxylic acids is 2. The van der Waals surface area contributed by atoms with Crippen LogP contribution in [0.3, 0.4) is 0 Å². The molecule has 3 atom stereocenters. The summed E-state index contributed by atoms with van der Waals surface area (Å²) in [6.45, 7) is 2.17. The van der Waals surface area contributed by atoms with E-state index in [1.54, 1.807) is 24.8 Å². The molecule has 2 aromatic heterocycles. The molecular formula is C21H27N5O3. The minimum absolute atomic E-state index is 0.0890. The molecule has 0 saturated heterocycles. The minimum Gasteiger partial charge on any atom is -0.391 e. The van der Waals surface area contributed by atoms with Gasteiger partial charge >= 0.3 is 0 Å². The van der Waals surface area contributed by atoms with Crippen molar-refractivity contribution in [1.82, 2.24) is 25.6 Å². The zero-order valence-corrected chi connectivity index (χ0v) is 16.5. The van der Waals surface area contributed by atoms with E-state index in [4.69, 9.17) is 0 Å². The molecule has 1 saturated carbocycles. The standard InChI is InChI=1S/C21H27N5O3/c1-14-10-24-17(12-23-14)13-25-21(29)16-5-6-19(27)18(9-16)26-20(28)7-4-15-3-2-8-22-11-15/h2-3,8,10-12,16,18-19,27H,4-7,9,13H2,1H3,(H,25,29)(H,26,28)/t16-,18+,19+/m0/s1. The molecule has 3 rings (SSSR count). The molecule has 0 radical (unpaired) electrons. The van der Waals surface area contributed by atoms with Crippen LogP contribution in [0.1, 0.15) is 42.6 Å². The second-order valence-electron chi connectivity index (χ2n) is 7.48. The fourth-order valence-electron chi connectivity index (χ4n) is 3.46. The van der Waals surface area contributed by atoms with Crippen LogP contribution in [0.2, 0.25) is 0 Å². The maximum atomic E-state index is 12.5. The SMILES string of the molecule is Cc1cnc(CNC(=O)[C@H]2CC[C@@H](O)[C@H](NC(=O)CCc3cccnc3)C2)cn1. The number of hydrogen-bond acceptors (Lipinski definition) is 6. The van der Waals surface area contributed by atoms with Crippen molar-refractivity contribution in [3.8, 4) is 0 Å². The molecule has 154 valence electrons. The number of aromatic nitrogens is 3. The molecule has 1 aliphatic rings. The van der Waals surface area contributed by atoms with Gasteiger partial charge in [0.15, 0.2) is 0 Å². The predicted octanol–water partition coefficient (Wildman–Crippen LogP) is 1.07. The van der Waals surface area contributed by atoms with Crippen molar-refractivity contribution in [3.63, 3.8) is 0 Å². The van der Waals surface area contributed by atoms with Gasteiger partial charge in [-0.3, -0.25) is 24.5 Å². The number of aliphatic hydroxyl groups excluding tert-OH is 1. The van der Waals surface area contributed by atoms with Gasteiger partial charge in [0.25, 0.3) is 0 Å². The number of hydrogen-bond donors (Lipinski definition) is 3. The minimum atomic E-state index is -0.635. The lowest BCUT2D eigenvalue weighted by atomic mass is 9.83. The number of nitrogens with zero attached hydrogens (tertiary/aromatic N) is 3. The highest BCUT2D eigenvalue weighted by molar-refractivity contribution is 5.79. The first-order valence-corrected chi connectivity index (χ1v) is 9.93.